The second-order valence-corrected chi connectivity index (χ2v) is 3.81. The van der Waals surface area contributed by atoms with Crippen LogP contribution in [0.3, 0.4) is 0 Å². The highest BCUT2D eigenvalue weighted by molar-refractivity contribution is 8.23. The van der Waals surface area contributed by atoms with Gasteiger partial charge >= 0.3 is 0 Å². The Balaban J connectivity index is 0. The molecule has 0 saturated carbocycles. The highest BCUT2D eigenvalue weighted by Gasteiger charge is 2.29. The summed E-state index contributed by atoms with van der Waals surface area (Å²) < 4.78 is -0.444. The molecule has 0 heterocycles. The van der Waals surface area contributed by atoms with E-state index < -0.39 is 35.5 Å². The van der Waals surface area contributed by atoms with Crippen molar-refractivity contribution in [2.75, 3.05) is 6.61 Å². The van der Waals surface area contributed by atoms with Crippen molar-refractivity contribution in [3.05, 3.63) is 0 Å². The predicted molar refractivity (Wildman–Crippen MR) is 60.5 cm³/mol. The molecule has 16 heavy (non-hydrogen) atoms. The van der Waals surface area contributed by atoms with E-state index in [4.69, 9.17) is 25.5 Å². The maximum Gasteiger partial charge on any atom is 0.239 e. The fraction of sp³-hybridized carbons (Fsp3) is 0.714. The third-order valence-electron chi connectivity index (χ3n) is 1.42. The molecule has 5 N–H and O–H groups in total. The zero-order valence-corrected chi connectivity index (χ0v) is 9.83. The summed E-state index contributed by atoms with van der Waals surface area (Å²) in [6.07, 6.45) is -6.84. The minimum absolute atomic E-state index is 0.0258. The van der Waals surface area contributed by atoms with Crippen molar-refractivity contribution in [2.45, 2.75) is 24.4 Å². The molecule has 0 aromatic heterocycles. The van der Waals surface area contributed by atoms with Gasteiger partial charge in [0.25, 0.3) is 0 Å². The maximum atomic E-state index is 9.90. The standard InChI is InChI=1S/C6H12O6.CH2OS2/c7-1-3(9)5(11)6(12)4(10)2-8;2-1(3)4/h1,3-6,8-12H,2H2;(H2,2,3,4)/t3-,4+,5+,6+;/m0./s1. The topological polar surface area (TPSA) is 135 Å². The lowest BCUT2D eigenvalue weighted by molar-refractivity contribution is -0.136. The zero-order chi connectivity index (χ0) is 13.3. The first-order valence-corrected chi connectivity index (χ1v) is 4.87. The number of rotatable bonds is 5. The summed E-state index contributed by atoms with van der Waals surface area (Å²) in [7, 11) is 0. The molecule has 0 aliphatic rings. The Morgan fingerprint density at radius 2 is 1.50 bits per heavy atom. The summed E-state index contributed by atoms with van der Waals surface area (Å²) in [5, 5.41) is 43.5. The number of carbonyl (C=O) groups excluding carboxylic acids is 2. The molecule has 4 atom stereocenters. The Hall–Kier alpha value is -0.160. The minimum atomic E-state index is -1.79. The molecule has 0 aliphatic carbocycles. The van der Waals surface area contributed by atoms with Gasteiger partial charge in [-0.25, -0.2) is 0 Å². The average Bonchev–Trinajstić information content (AvgIpc) is 2.24. The van der Waals surface area contributed by atoms with Crippen molar-refractivity contribution in [2.24, 2.45) is 0 Å². The monoisotopic (exact) mass is 274 g/mol. The van der Waals surface area contributed by atoms with Crippen molar-refractivity contribution in [3.63, 3.8) is 0 Å². The van der Waals surface area contributed by atoms with Gasteiger partial charge in [-0.05, 0) is 0 Å². The van der Waals surface area contributed by atoms with Crippen LogP contribution in [0, 0.1) is 0 Å². The van der Waals surface area contributed by atoms with Gasteiger partial charge in [-0.15, -0.1) is 0 Å². The largest absolute Gasteiger partial charge is 0.394 e. The molecular weight excluding hydrogens is 260 g/mol. The summed E-state index contributed by atoms with van der Waals surface area (Å²) in [6, 6.07) is 0. The van der Waals surface area contributed by atoms with E-state index in [0.29, 0.717) is 0 Å². The number of aliphatic hydroxyl groups is 5. The van der Waals surface area contributed by atoms with E-state index in [-0.39, 0.29) is 6.29 Å². The predicted octanol–water partition coefficient (Wildman–Crippen LogP) is -2.41. The van der Waals surface area contributed by atoms with E-state index in [1.54, 1.807) is 0 Å². The molecule has 0 rings (SSSR count). The molecule has 0 aromatic carbocycles. The first-order chi connectivity index (χ1) is 7.27. The van der Waals surface area contributed by atoms with Crippen LogP contribution in [0.5, 0.6) is 0 Å². The van der Waals surface area contributed by atoms with Crippen LogP contribution in [-0.2, 0) is 4.79 Å². The fourth-order valence-corrected chi connectivity index (χ4v) is 0.618. The zero-order valence-electron chi connectivity index (χ0n) is 8.04. The lowest BCUT2D eigenvalue weighted by Crippen LogP contribution is -2.46. The van der Waals surface area contributed by atoms with Crippen LogP contribution < -0.4 is 0 Å². The third kappa shape index (κ3) is 9.09. The molecule has 0 aliphatic heterocycles. The molecule has 9 heteroatoms. The average molecular weight is 274 g/mol. The second kappa shape index (κ2) is 10.0. The Morgan fingerprint density at radius 3 is 1.75 bits per heavy atom. The molecule has 7 nitrogen and oxygen atoms in total. The smallest absolute Gasteiger partial charge is 0.239 e. The number of thiol groups is 2. The van der Waals surface area contributed by atoms with Gasteiger partial charge in [0.1, 0.15) is 24.4 Å². The lowest BCUT2D eigenvalue weighted by Gasteiger charge is -2.22. The molecule has 0 unspecified atom stereocenters. The van der Waals surface area contributed by atoms with Gasteiger partial charge in [0.2, 0.25) is 4.45 Å². The van der Waals surface area contributed by atoms with E-state index in [1.807, 2.05) is 0 Å². The molecular formula is C7H14O7S2. The normalized spacial score (nSPS) is 17.4. The van der Waals surface area contributed by atoms with Crippen molar-refractivity contribution < 1.29 is 35.1 Å². The molecule has 0 amide bonds. The van der Waals surface area contributed by atoms with E-state index in [2.05, 4.69) is 25.3 Å². The van der Waals surface area contributed by atoms with Gasteiger partial charge in [-0.2, -0.15) is 0 Å². The van der Waals surface area contributed by atoms with Crippen LogP contribution in [0.25, 0.3) is 0 Å². The molecule has 0 fully saturated rings. The molecule has 0 bridgehead atoms. The number of hydrogen-bond acceptors (Lipinski definition) is 7. The van der Waals surface area contributed by atoms with E-state index >= 15 is 0 Å². The Kier molecular flexibility index (Phi) is 11.4. The van der Waals surface area contributed by atoms with Crippen molar-refractivity contribution in [1.29, 1.82) is 0 Å². The highest BCUT2D eigenvalue weighted by atomic mass is 32.2. The number of hydrogen-bond donors (Lipinski definition) is 7. The van der Waals surface area contributed by atoms with Gasteiger partial charge in [-0.3, -0.25) is 4.79 Å². The summed E-state index contributed by atoms with van der Waals surface area (Å²) in [5.74, 6) is 0. The first kappa shape index (κ1) is 18.2. The maximum absolute atomic E-state index is 9.90. The quantitative estimate of drug-likeness (QED) is 0.219. The molecule has 0 spiro atoms. The minimum Gasteiger partial charge on any atom is -0.394 e. The van der Waals surface area contributed by atoms with Crippen molar-refractivity contribution in [1.82, 2.24) is 0 Å². The Morgan fingerprint density at radius 1 is 1.12 bits per heavy atom. The van der Waals surface area contributed by atoms with Gasteiger partial charge in [-0.1, -0.05) is 25.3 Å². The molecule has 0 radical (unpaired) electrons. The van der Waals surface area contributed by atoms with Gasteiger partial charge in [0, 0.05) is 0 Å². The van der Waals surface area contributed by atoms with Gasteiger partial charge in [0.15, 0.2) is 6.29 Å². The molecule has 0 aromatic rings. The summed E-state index contributed by atoms with van der Waals surface area (Å²) >= 11 is 6.38. The SMILES string of the molecule is O=C(S)S.O=C[C@H](O)[C@@H](O)[C@H](O)[C@H](O)CO. The van der Waals surface area contributed by atoms with Crippen molar-refractivity contribution in [3.8, 4) is 0 Å². The number of aldehydes is 1. The summed E-state index contributed by atoms with van der Waals surface area (Å²) in [4.78, 5) is 19.1. The van der Waals surface area contributed by atoms with Gasteiger partial charge < -0.3 is 30.3 Å². The second-order valence-electron chi connectivity index (χ2n) is 2.64. The lowest BCUT2D eigenvalue weighted by atomic mass is 10.0. The molecule has 0 saturated heterocycles. The number of aliphatic hydroxyl groups excluding tert-OH is 5. The van der Waals surface area contributed by atoms with Crippen LogP contribution in [0.2, 0.25) is 0 Å². The van der Waals surface area contributed by atoms with E-state index in [0.717, 1.165) is 0 Å². The van der Waals surface area contributed by atoms with Crippen LogP contribution >= 0.6 is 25.3 Å². The Labute approximate surface area is 103 Å². The van der Waals surface area contributed by atoms with E-state index in [1.165, 1.54) is 0 Å². The number of carbonyl (C=O) groups is 2. The van der Waals surface area contributed by atoms with Crippen LogP contribution in [-0.4, -0.2) is 67.3 Å². The third-order valence-corrected chi connectivity index (χ3v) is 1.42. The van der Waals surface area contributed by atoms with E-state index in [9.17, 15) is 9.59 Å². The summed E-state index contributed by atoms with van der Waals surface area (Å²) in [6.45, 7) is -0.760. The van der Waals surface area contributed by atoms with Gasteiger partial charge in [0.05, 0.1) is 6.61 Å². The van der Waals surface area contributed by atoms with Crippen LogP contribution in [0.15, 0.2) is 0 Å². The van der Waals surface area contributed by atoms with Crippen LogP contribution in [0.4, 0.5) is 4.79 Å². The summed E-state index contributed by atoms with van der Waals surface area (Å²) in [5.41, 5.74) is 0. The molecule has 96 valence electrons. The first-order valence-electron chi connectivity index (χ1n) is 3.98. The Bertz CT molecular complexity index is 209. The van der Waals surface area contributed by atoms with Crippen LogP contribution in [0.1, 0.15) is 0 Å². The fourth-order valence-electron chi connectivity index (χ4n) is 0.618. The van der Waals surface area contributed by atoms with Crippen molar-refractivity contribution >= 4 is 36.0 Å². The highest BCUT2D eigenvalue weighted by Crippen LogP contribution is 2.02.